The molecule has 0 bridgehead atoms. The van der Waals surface area contributed by atoms with Crippen molar-refractivity contribution in [2.75, 3.05) is 0 Å². The van der Waals surface area contributed by atoms with Crippen molar-refractivity contribution in [3.05, 3.63) is 70.0 Å². The van der Waals surface area contributed by atoms with E-state index in [0.29, 0.717) is 0 Å². The smallest absolute Gasteiger partial charge is 0.123 e. The molecule has 0 radical (unpaired) electrons. The highest BCUT2D eigenvalue weighted by Gasteiger charge is 2.13. The number of rotatable bonds is 3. The van der Waals surface area contributed by atoms with Crippen molar-refractivity contribution in [3.63, 3.8) is 0 Å². The van der Waals surface area contributed by atoms with Crippen LogP contribution in [-0.4, -0.2) is 0 Å². The molecule has 2 rings (SSSR count). The Morgan fingerprint density at radius 3 is 2.26 bits per heavy atom. The van der Waals surface area contributed by atoms with Crippen molar-refractivity contribution < 1.29 is 4.39 Å². The summed E-state index contributed by atoms with van der Waals surface area (Å²) in [6.45, 7) is 5.91. The topological polar surface area (TPSA) is 26.0 Å². The van der Waals surface area contributed by atoms with Gasteiger partial charge in [0, 0.05) is 6.04 Å². The highest BCUT2D eigenvalue weighted by atomic mass is 19.1. The van der Waals surface area contributed by atoms with Crippen LogP contribution < -0.4 is 5.73 Å². The molecule has 0 aromatic heterocycles. The summed E-state index contributed by atoms with van der Waals surface area (Å²) in [4.78, 5) is 0. The molecule has 1 nitrogen and oxygen atoms in total. The SMILES string of the molecule is Cc1cccc(CC(N)c2c(C)cc(F)cc2C)c1. The first-order chi connectivity index (χ1) is 8.97. The van der Waals surface area contributed by atoms with E-state index in [2.05, 4.69) is 25.1 Å². The third-order valence-electron chi connectivity index (χ3n) is 3.47. The molecule has 0 fully saturated rings. The van der Waals surface area contributed by atoms with E-state index in [9.17, 15) is 4.39 Å². The lowest BCUT2D eigenvalue weighted by atomic mass is 9.92. The maximum atomic E-state index is 13.3. The molecule has 1 unspecified atom stereocenters. The monoisotopic (exact) mass is 257 g/mol. The average Bonchev–Trinajstić information content (AvgIpc) is 2.27. The van der Waals surface area contributed by atoms with Crippen LogP contribution in [-0.2, 0) is 6.42 Å². The Morgan fingerprint density at radius 1 is 1.05 bits per heavy atom. The molecule has 0 aliphatic heterocycles. The van der Waals surface area contributed by atoms with Gasteiger partial charge in [-0.3, -0.25) is 0 Å². The second-order valence-corrected chi connectivity index (χ2v) is 5.25. The summed E-state index contributed by atoms with van der Waals surface area (Å²) >= 11 is 0. The van der Waals surface area contributed by atoms with Gasteiger partial charge in [-0.25, -0.2) is 4.39 Å². The lowest BCUT2D eigenvalue weighted by Crippen LogP contribution is -2.16. The van der Waals surface area contributed by atoms with Gasteiger partial charge in [0.15, 0.2) is 0 Å². The summed E-state index contributed by atoms with van der Waals surface area (Å²) in [6.07, 6.45) is 0.773. The Labute approximate surface area is 114 Å². The molecule has 2 N–H and O–H groups in total. The minimum Gasteiger partial charge on any atom is -0.324 e. The van der Waals surface area contributed by atoms with Crippen LogP contribution in [0, 0.1) is 26.6 Å². The fraction of sp³-hybridized carbons (Fsp3) is 0.294. The highest BCUT2D eigenvalue weighted by molar-refractivity contribution is 5.38. The van der Waals surface area contributed by atoms with Gasteiger partial charge >= 0.3 is 0 Å². The number of nitrogens with two attached hydrogens (primary N) is 1. The fourth-order valence-electron chi connectivity index (χ4n) is 2.70. The van der Waals surface area contributed by atoms with Crippen molar-refractivity contribution in [1.29, 1.82) is 0 Å². The number of hydrogen-bond donors (Lipinski definition) is 1. The number of halogens is 1. The van der Waals surface area contributed by atoms with Crippen molar-refractivity contribution in [2.24, 2.45) is 5.73 Å². The zero-order valence-electron chi connectivity index (χ0n) is 11.7. The maximum absolute atomic E-state index is 13.3. The Hall–Kier alpha value is -1.67. The quantitative estimate of drug-likeness (QED) is 0.884. The van der Waals surface area contributed by atoms with E-state index in [0.717, 1.165) is 23.1 Å². The molecule has 0 saturated heterocycles. The predicted molar refractivity (Wildman–Crippen MR) is 77.7 cm³/mol. The first-order valence-electron chi connectivity index (χ1n) is 6.55. The van der Waals surface area contributed by atoms with Crippen molar-refractivity contribution in [2.45, 2.75) is 33.2 Å². The van der Waals surface area contributed by atoms with Crippen LogP contribution in [0.4, 0.5) is 4.39 Å². The summed E-state index contributed by atoms with van der Waals surface area (Å²) in [5.74, 6) is -0.193. The van der Waals surface area contributed by atoms with Gasteiger partial charge in [-0.15, -0.1) is 0 Å². The van der Waals surface area contributed by atoms with Crippen LogP contribution in [0.1, 0.15) is 33.9 Å². The predicted octanol–water partition coefficient (Wildman–Crippen LogP) is 3.99. The normalized spacial score (nSPS) is 12.5. The van der Waals surface area contributed by atoms with E-state index in [1.807, 2.05) is 19.9 Å². The highest BCUT2D eigenvalue weighted by Crippen LogP contribution is 2.24. The molecular weight excluding hydrogens is 237 g/mol. The Bertz CT molecular complexity index is 567. The minimum absolute atomic E-state index is 0.0950. The second-order valence-electron chi connectivity index (χ2n) is 5.25. The molecule has 0 amide bonds. The van der Waals surface area contributed by atoms with E-state index >= 15 is 0 Å². The van der Waals surface area contributed by atoms with Crippen LogP contribution in [0.15, 0.2) is 36.4 Å². The average molecular weight is 257 g/mol. The summed E-state index contributed by atoms with van der Waals surface area (Å²) in [5, 5.41) is 0. The molecule has 0 aliphatic carbocycles. The van der Waals surface area contributed by atoms with Crippen LogP contribution in [0.3, 0.4) is 0 Å². The van der Waals surface area contributed by atoms with Gasteiger partial charge in [0.2, 0.25) is 0 Å². The van der Waals surface area contributed by atoms with E-state index in [-0.39, 0.29) is 11.9 Å². The van der Waals surface area contributed by atoms with Crippen LogP contribution in [0.25, 0.3) is 0 Å². The molecule has 0 saturated carbocycles. The lowest BCUT2D eigenvalue weighted by Gasteiger charge is -2.18. The van der Waals surface area contributed by atoms with Crippen molar-refractivity contribution in [1.82, 2.24) is 0 Å². The Morgan fingerprint density at radius 2 is 1.68 bits per heavy atom. The van der Waals surface area contributed by atoms with Crippen molar-refractivity contribution >= 4 is 0 Å². The number of benzene rings is 2. The molecule has 0 heterocycles. The summed E-state index contributed by atoms with van der Waals surface area (Å²) < 4.78 is 13.3. The van der Waals surface area contributed by atoms with E-state index in [1.54, 1.807) is 12.1 Å². The second kappa shape index (κ2) is 5.54. The van der Waals surface area contributed by atoms with Gasteiger partial charge in [-0.2, -0.15) is 0 Å². The third-order valence-corrected chi connectivity index (χ3v) is 3.47. The first-order valence-corrected chi connectivity index (χ1v) is 6.55. The van der Waals surface area contributed by atoms with Gasteiger partial charge in [0.1, 0.15) is 5.82 Å². The van der Waals surface area contributed by atoms with E-state index in [4.69, 9.17) is 5.73 Å². The van der Waals surface area contributed by atoms with E-state index in [1.165, 1.54) is 11.1 Å². The van der Waals surface area contributed by atoms with Gasteiger partial charge < -0.3 is 5.73 Å². The summed E-state index contributed by atoms with van der Waals surface area (Å²) in [7, 11) is 0. The first kappa shape index (κ1) is 13.8. The van der Waals surface area contributed by atoms with Crippen LogP contribution in [0.2, 0.25) is 0 Å². The number of aryl methyl sites for hydroxylation is 3. The Kier molecular flexibility index (Phi) is 4.01. The molecule has 100 valence electrons. The largest absolute Gasteiger partial charge is 0.324 e. The molecular formula is C17H20FN. The third kappa shape index (κ3) is 3.21. The molecule has 1 atom stereocenters. The summed E-state index contributed by atoms with van der Waals surface area (Å²) in [5.41, 5.74) is 11.7. The fourth-order valence-corrected chi connectivity index (χ4v) is 2.70. The van der Waals surface area contributed by atoms with Gasteiger partial charge in [-0.05, 0) is 61.6 Å². The Balaban J connectivity index is 2.28. The van der Waals surface area contributed by atoms with Crippen molar-refractivity contribution in [3.8, 4) is 0 Å². The van der Waals surface area contributed by atoms with Crippen LogP contribution >= 0.6 is 0 Å². The van der Waals surface area contributed by atoms with Gasteiger partial charge in [-0.1, -0.05) is 29.8 Å². The molecule has 0 aliphatic rings. The molecule has 2 aromatic rings. The zero-order valence-corrected chi connectivity index (χ0v) is 11.7. The van der Waals surface area contributed by atoms with Gasteiger partial charge in [0.25, 0.3) is 0 Å². The molecule has 0 spiro atoms. The van der Waals surface area contributed by atoms with Crippen LogP contribution in [0.5, 0.6) is 0 Å². The summed E-state index contributed by atoms with van der Waals surface area (Å²) in [6, 6.07) is 11.4. The standard InChI is InChI=1S/C17H20FN/c1-11-5-4-6-14(7-11)10-16(19)17-12(2)8-15(18)9-13(17)3/h4-9,16H,10,19H2,1-3H3. The minimum atomic E-state index is -0.193. The maximum Gasteiger partial charge on any atom is 0.123 e. The molecule has 2 heteroatoms. The van der Waals surface area contributed by atoms with E-state index < -0.39 is 0 Å². The molecule has 19 heavy (non-hydrogen) atoms. The lowest BCUT2D eigenvalue weighted by molar-refractivity contribution is 0.620. The number of hydrogen-bond acceptors (Lipinski definition) is 1. The van der Waals surface area contributed by atoms with Gasteiger partial charge in [0.05, 0.1) is 0 Å². The zero-order chi connectivity index (χ0) is 14.0. The molecule has 2 aromatic carbocycles.